The third kappa shape index (κ3) is 2.58. The number of carbonyl (C=O) groups excluding carboxylic acids is 3. The zero-order valence-corrected chi connectivity index (χ0v) is 12.1. The predicted octanol–water partition coefficient (Wildman–Crippen LogP) is -2.54. The molecule has 0 aromatic carbocycles. The molecule has 0 amide bonds. The molecule has 0 heterocycles. The Labute approximate surface area is 132 Å². The molecule has 78 valence electrons. The zero-order valence-electron chi connectivity index (χ0n) is 9.99. The van der Waals surface area contributed by atoms with Gasteiger partial charge in [0, 0.05) is 5.92 Å². The number of hydrogen-bond donors (Lipinski definition) is 0. The van der Waals surface area contributed by atoms with E-state index in [1.807, 2.05) is 0 Å². The Morgan fingerprint density at radius 1 is 1.47 bits per heavy atom. The fourth-order valence-corrected chi connectivity index (χ4v) is 2.11. The maximum absolute atomic E-state index is 11.5. The SMILES string of the molecule is CCOC(=O)C(=O)C1C[C@H]2C[C@H]2C1=O.[H-].[K+]. The molecule has 15 heavy (non-hydrogen) atoms. The summed E-state index contributed by atoms with van der Waals surface area (Å²) >= 11 is 0. The molecule has 2 saturated carbocycles. The molecule has 1 unspecified atom stereocenters. The van der Waals surface area contributed by atoms with Crippen molar-refractivity contribution in [3.05, 3.63) is 0 Å². The molecule has 0 N–H and O–H groups in total. The quantitative estimate of drug-likeness (QED) is 0.234. The average Bonchev–Trinajstić information content (AvgIpc) is 2.86. The van der Waals surface area contributed by atoms with Gasteiger partial charge in [-0.1, -0.05) is 0 Å². The maximum atomic E-state index is 11.5. The first-order valence-electron chi connectivity index (χ1n) is 4.89. The minimum atomic E-state index is -0.854. The number of ketones is 2. The molecule has 2 aliphatic carbocycles. The second-order valence-corrected chi connectivity index (χ2v) is 3.88. The molecule has 2 rings (SSSR count). The molecule has 0 aromatic rings. The Hall–Kier alpha value is 0.446. The second kappa shape index (κ2) is 5.18. The minimum Gasteiger partial charge on any atom is -1.00 e. The molecule has 3 atom stereocenters. The van der Waals surface area contributed by atoms with E-state index < -0.39 is 17.7 Å². The molecule has 0 aliphatic heterocycles. The second-order valence-electron chi connectivity index (χ2n) is 3.88. The van der Waals surface area contributed by atoms with Crippen LogP contribution in [0.5, 0.6) is 0 Å². The van der Waals surface area contributed by atoms with Gasteiger partial charge in [0.05, 0.1) is 12.5 Å². The monoisotopic (exact) mass is 236 g/mol. The Balaban J connectivity index is 0.00000112. The maximum Gasteiger partial charge on any atom is 1.00 e. The van der Waals surface area contributed by atoms with E-state index in [1.165, 1.54) is 0 Å². The Morgan fingerprint density at radius 3 is 2.60 bits per heavy atom. The van der Waals surface area contributed by atoms with Crippen LogP contribution in [0.4, 0.5) is 0 Å². The number of fused-ring (bicyclic) bond motifs is 1. The van der Waals surface area contributed by atoms with Gasteiger partial charge in [-0.05, 0) is 25.7 Å². The van der Waals surface area contributed by atoms with Crippen molar-refractivity contribution in [2.75, 3.05) is 6.61 Å². The van der Waals surface area contributed by atoms with Crippen LogP contribution in [0.25, 0.3) is 0 Å². The van der Waals surface area contributed by atoms with Gasteiger partial charge in [0.15, 0.2) is 0 Å². The van der Waals surface area contributed by atoms with Crippen molar-refractivity contribution < 1.29 is 71.9 Å². The topological polar surface area (TPSA) is 60.4 Å². The fourth-order valence-electron chi connectivity index (χ4n) is 2.11. The smallest absolute Gasteiger partial charge is 1.00 e. The van der Waals surface area contributed by atoms with Crippen LogP contribution >= 0.6 is 0 Å². The normalized spacial score (nSPS) is 31.5. The van der Waals surface area contributed by atoms with Gasteiger partial charge in [0.2, 0.25) is 5.78 Å². The van der Waals surface area contributed by atoms with E-state index in [0.29, 0.717) is 12.3 Å². The summed E-state index contributed by atoms with van der Waals surface area (Å²) < 4.78 is 4.57. The van der Waals surface area contributed by atoms with Crippen LogP contribution in [0.2, 0.25) is 0 Å². The first kappa shape index (κ1) is 13.5. The summed E-state index contributed by atoms with van der Waals surface area (Å²) in [5.74, 6) is -1.81. The van der Waals surface area contributed by atoms with E-state index in [1.54, 1.807) is 6.92 Å². The van der Waals surface area contributed by atoms with Crippen LogP contribution < -0.4 is 51.4 Å². The van der Waals surface area contributed by atoms with E-state index in [4.69, 9.17) is 0 Å². The van der Waals surface area contributed by atoms with Crippen LogP contribution in [0.15, 0.2) is 0 Å². The van der Waals surface area contributed by atoms with Gasteiger partial charge in [0.25, 0.3) is 0 Å². The molecular weight excluding hydrogens is 223 g/mol. The molecule has 0 spiro atoms. The van der Waals surface area contributed by atoms with Gasteiger partial charge in [-0.15, -0.1) is 0 Å². The fraction of sp³-hybridized carbons (Fsp3) is 0.700. The first-order chi connectivity index (χ1) is 6.65. The van der Waals surface area contributed by atoms with Crippen LogP contribution in [0, 0.1) is 17.8 Å². The molecule has 4 nitrogen and oxygen atoms in total. The van der Waals surface area contributed by atoms with E-state index in [0.717, 1.165) is 6.42 Å². The molecule has 0 radical (unpaired) electrons. The summed E-state index contributed by atoms with van der Waals surface area (Å²) in [6.07, 6.45) is 1.46. The predicted molar refractivity (Wildman–Crippen MR) is 47.5 cm³/mol. The van der Waals surface area contributed by atoms with Gasteiger partial charge in [-0.3, -0.25) is 9.59 Å². The number of hydrogen-bond acceptors (Lipinski definition) is 4. The average molecular weight is 236 g/mol. The standard InChI is InChI=1S/C10H12O4.K.H/c1-2-14-10(13)9(12)7-4-5-3-6(5)8(7)11;;/h5-7H,2-4H2,1H3;;/q;+1;-1/t5-,6-,7?;;/m1../s1. The number of esters is 1. The van der Waals surface area contributed by atoms with Crippen molar-refractivity contribution in [3.8, 4) is 0 Å². The minimum absolute atomic E-state index is 0. The number of carbonyl (C=O) groups is 3. The van der Waals surface area contributed by atoms with E-state index in [9.17, 15) is 14.4 Å². The number of ether oxygens (including phenoxy) is 1. The van der Waals surface area contributed by atoms with Crippen molar-refractivity contribution in [1.29, 1.82) is 0 Å². The van der Waals surface area contributed by atoms with Crippen molar-refractivity contribution in [1.82, 2.24) is 0 Å². The molecule has 2 aliphatic rings. The Morgan fingerprint density at radius 2 is 2.13 bits per heavy atom. The summed E-state index contributed by atoms with van der Waals surface area (Å²) in [5.41, 5.74) is 0. The van der Waals surface area contributed by atoms with E-state index in [2.05, 4.69) is 4.74 Å². The van der Waals surface area contributed by atoms with Crippen molar-refractivity contribution in [3.63, 3.8) is 0 Å². The first-order valence-corrected chi connectivity index (χ1v) is 4.89. The van der Waals surface area contributed by atoms with Crippen molar-refractivity contribution in [2.45, 2.75) is 19.8 Å². The van der Waals surface area contributed by atoms with Crippen molar-refractivity contribution >= 4 is 17.5 Å². The van der Waals surface area contributed by atoms with Crippen LogP contribution in [0.1, 0.15) is 21.2 Å². The van der Waals surface area contributed by atoms with Gasteiger partial charge >= 0.3 is 57.4 Å². The summed E-state index contributed by atoms with van der Waals surface area (Å²) in [7, 11) is 0. The molecule has 5 heteroatoms. The number of Topliss-reactive ketones (excluding diaryl/α,β-unsaturated/α-hetero) is 2. The molecule has 0 saturated heterocycles. The Bertz CT molecular complexity index is 318. The molecule has 2 fully saturated rings. The summed E-state index contributed by atoms with van der Waals surface area (Å²) in [4.78, 5) is 34.0. The zero-order chi connectivity index (χ0) is 10.3. The molecule has 0 aromatic heterocycles. The number of rotatable bonds is 3. The van der Waals surface area contributed by atoms with Crippen LogP contribution in [-0.4, -0.2) is 24.1 Å². The largest absolute Gasteiger partial charge is 1.00 e. The van der Waals surface area contributed by atoms with Gasteiger partial charge in [0.1, 0.15) is 5.78 Å². The van der Waals surface area contributed by atoms with E-state index in [-0.39, 0.29) is 71.1 Å². The molecule has 0 bridgehead atoms. The van der Waals surface area contributed by atoms with Gasteiger partial charge < -0.3 is 6.16 Å². The summed E-state index contributed by atoms with van der Waals surface area (Å²) in [6, 6.07) is 0. The molecular formula is C10H13KO4. The van der Waals surface area contributed by atoms with Gasteiger partial charge in [-0.25, -0.2) is 4.79 Å². The van der Waals surface area contributed by atoms with Gasteiger partial charge in [-0.2, -0.15) is 0 Å². The van der Waals surface area contributed by atoms with E-state index >= 15 is 0 Å². The third-order valence-electron chi connectivity index (χ3n) is 2.96. The summed E-state index contributed by atoms with van der Waals surface area (Å²) in [5, 5.41) is 0. The van der Waals surface area contributed by atoms with Crippen LogP contribution in [0.3, 0.4) is 0 Å². The third-order valence-corrected chi connectivity index (χ3v) is 2.96. The summed E-state index contributed by atoms with van der Waals surface area (Å²) in [6.45, 7) is 1.82. The Kier molecular flexibility index (Phi) is 4.67. The van der Waals surface area contributed by atoms with Crippen LogP contribution in [-0.2, 0) is 19.1 Å². The van der Waals surface area contributed by atoms with Crippen molar-refractivity contribution in [2.24, 2.45) is 17.8 Å².